The van der Waals surface area contributed by atoms with Crippen LogP contribution in [-0.2, 0) is 25.8 Å². The molecule has 0 saturated carbocycles. The van der Waals surface area contributed by atoms with Crippen LogP contribution in [0.1, 0.15) is 5.56 Å². The van der Waals surface area contributed by atoms with Gasteiger partial charge in [-0.05, 0) is 29.8 Å². The molecule has 0 unspecified atom stereocenters. The van der Waals surface area contributed by atoms with E-state index in [1.807, 2.05) is 4.83 Å². The number of hydrogen-bond donors (Lipinski definition) is 1. The third-order valence-electron chi connectivity index (χ3n) is 2.98. The molecule has 1 N–H and O–H groups in total. The van der Waals surface area contributed by atoms with Crippen molar-refractivity contribution >= 4 is 31.6 Å². The molecule has 0 radical (unpaired) electrons. The highest BCUT2D eigenvalue weighted by atomic mass is 35.5. The predicted octanol–water partition coefficient (Wildman–Crippen LogP) is 2.00. The SMILES string of the molecule is CN(NS(=O)(=O)c1ccc(Cl)cc1)S(=O)(=O)Cc1ccccc1. The number of hydrazine groups is 1. The first-order chi connectivity index (χ1) is 10.7. The predicted molar refractivity (Wildman–Crippen MR) is 88.6 cm³/mol. The van der Waals surface area contributed by atoms with E-state index in [4.69, 9.17) is 11.6 Å². The molecule has 0 spiro atoms. The van der Waals surface area contributed by atoms with Crippen molar-refractivity contribution in [2.75, 3.05) is 7.05 Å². The molecule has 0 atom stereocenters. The van der Waals surface area contributed by atoms with E-state index in [0.29, 0.717) is 15.0 Å². The van der Waals surface area contributed by atoms with Gasteiger partial charge in [0.15, 0.2) is 0 Å². The molecule has 0 amide bonds. The smallest absolute Gasteiger partial charge is 0.211 e. The summed E-state index contributed by atoms with van der Waals surface area (Å²) in [6.07, 6.45) is 0. The molecule has 2 aromatic carbocycles. The number of sulfonamides is 2. The normalized spacial score (nSPS) is 12.5. The fourth-order valence-corrected chi connectivity index (χ4v) is 4.39. The average molecular weight is 375 g/mol. The van der Waals surface area contributed by atoms with Gasteiger partial charge in [-0.2, -0.15) is 0 Å². The second kappa shape index (κ2) is 6.98. The Morgan fingerprint density at radius 2 is 1.52 bits per heavy atom. The quantitative estimate of drug-likeness (QED) is 0.784. The molecule has 23 heavy (non-hydrogen) atoms. The van der Waals surface area contributed by atoms with Crippen LogP contribution < -0.4 is 4.83 Å². The highest BCUT2D eigenvalue weighted by molar-refractivity contribution is 7.91. The standard InChI is InChI=1S/C14H15ClN2O4S2/c1-17(22(18,19)11-12-5-3-2-4-6-12)16-23(20,21)14-9-7-13(15)8-10-14/h2-10,16H,11H2,1H3. The van der Waals surface area contributed by atoms with Crippen LogP contribution in [0.4, 0.5) is 0 Å². The summed E-state index contributed by atoms with van der Waals surface area (Å²) >= 11 is 5.71. The van der Waals surface area contributed by atoms with E-state index in [9.17, 15) is 16.8 Å². The molecule has 2 aromatic rings. The number of halogens is 1. The van der Waals surface area contributed by atoms with Crippen molar-refractivity contribution in [2.45, 2.75) is 10.6 Å². The molecular formula is C14H15ClN2O4S2. The van der Waals surface area contributed by atoms with E-state index in [2.05, 4.69) is 0 Å². The number of hydrogen-bond acceptors (Lipinski definition) is 4. The monoisotopic (exact) mass is 374 g/mol. The van der Waals surface area contributed by atoms with Crippen LogP contribution in [0.5, 0.6) is 0 Å². The molecule has 0 aromatic heterocycles. The summed E-state index contributed by atoms with van der Waals surface area (Å²) in [4.78, 5) is 1.95. The molecule has 0 aliphatic rings. The van der Waals surface area contributed by atoms with Gasteiger partial charge in [0.1, 0.15) is 0 Å². The molecule has 0 bridgehead atoms. The summed E-state index contributed by atoms with van der Waals surface area (Å²) in [7, 11) is -6.71. The van der Waals surface area contributed by atoms with Crippen LogP contribution in [-0.4, -0.2) is 28.3 Å². The van der Waals surface area contributed by atoms with Gasteiger partial charge in [0.05, 0.1) is 10.6 Å². The molecular weight excluding hydrogens is 360 g/mol. The Morgan fingerprint density at radius 1 is 0.957 bits per heavy atom. The van der Waals surface area contributed by atoms with Gasteiger partial charge in [0.2, 0.25) is 10.0 Å². The van der Waals surface area contributed by atoms with E-state index in [1.54, 1.807) is 30.3 Å². The van der Waals surface area contributed by atoms with Gasteiger partial charge in [0, 0.05) is 12.1 Å². The largest absolute Gasteiger partial charge is 0.254 e. The zero-order valence-electron chi connectivity index (χ0n) is 12.2. The average Bonchev–Trinajstić information content (AvgIpc) is 2.47. The summed E-state index contributed by atoms with van der Waals surface area (Å²) in [5.74, 6) is -0.312. The van der Waals surface area contributed by atoms with Gasteiger partial charge in [-0.15, -0.1) is 9.25 Å². The van der Waals surface area contributed by atoms with Crippen molar-refractivity contribution in [3.8, 4) is 0 Å². The molecule has 0 saturated heterocycles. The summed E-state index contributed by atoms with van der Waals surface area (Å²) in [6, 6.07) is 13.9. The van der Waals surface area contributed by atoms with E-state index in [-0.39, 0.29) is 10.6 Å². The molecule has 0 aliphatic carbocycles. The summed E-state index contributed by atoms with van der Waals surface area (Å²) in [6.45, 7) is 0. The maximum absolute atomic E-state index is 12.2. The van der Waals surface area contributed by atoms with Crippen LogP contribution in [0.15, 0.2) is 59.5 Å². The molecule has 124 valence electrons. The van der Waals surface area contributed by atoms with Gasteiger partial charge in [-0.3, -0.25) is 0 Å². The summed E-state index contributed by atoms with van der Waals surface area (Å²) < 4.78 is 49.5. The van der Waals surface area contributed by atoms with E-state index >= 15 is 0 Å². The van der Waals surface area contributed by atoms with Crippen molar-refractivity contribution in [3.05, 3.63) is 65.2 Å². The Hall–Kier alpha value is -1.45. The fourth-order valence-electron chi connectivity index (χ4n) is 1.77. The van der Waals surface area contributed by atoms with Crippen molar-refractivity contribution in [3.63, 3.8) is 0 Å². The fraction of sp³-hybridized carbons (Fsp3) is 0.143. The summed E-state index contributed by atoms with van der Waals surface area (Å²) in [5.41, 5.74) is 0.560. The van der Waals surface area contributed by atoms with Gasteiger partial charge in [0.25, 0.3) is 10.0 Å². The molecule has 0 heterocycles. The van der Waals surface area contributed by atoms with Gasteiger partial charge in [-0.1, -0.05) is 41.9 Å². The minimum absolute atomic E-state index is 0.0799. The first kappa shape index (κ1) is 17.9. The highest BCUT2D eigenvalue weighted by Gasteiger charge is 2.24. The first-order valence-corrected chi connectivity index (χ1v) is 9.96. The Morgan fingerprint density at radius 3 is 2.09 bits per heavy atom. The minimum atomic E-state index is -4.01. The van der Waals surface area contributed by atoms with Crippen LogP contribution >= 0.6 is 11.6 Å². The van der Waals surface area contributed by atoms with Crippen molar-refractivity contribution in [1.82, 2.24) is 9.25 Å². The Balaban J connectivity index is 2.16. The number of benzene rings is 2. The van der Waals surface area contributed by atoms with E-state index in [0.717, 1.165) is 7.05 Å². The van der Waals surface area contributed by atoms with E-state index < -0.39 is 20.0 Å². The lowest BCUT2D eigenvalue weighted by Gasteiger charge is -2.18. The first-order valence-electron chi connectivity index (χ1n) is 6.49. The van der Waals surface area contributed by atoms with Crippen LogP contribution in [0.25, 0.3) is 0 Å². The minimum Gasteiger partial charge on any atom is -0.211 e. The van der Waals surface area contributed by atoms with Crippen LogP contribution in [0, 0.1) is 0 Å². The molecule has 0 aliphatic heterocycles. The van der Waals surface area contributed by atoms with Crippen molar-refractivity contribution < 1.29 is 16.8 Å². The topological polar surface area (TPSA) is 83.6 Å². The molecule has 2 rings (SSSR count). The van der Waals surface area contributed by atoms with Crippen LogP contribution in [0.2, 0.25) is 5.02 Å². The second-order valence-electron chi connectivity index (χ2n) is 4.76. The molecule has 6 nitrogen and oxygen atoms in total. The highest BCUT2D eigenvalue weighted by Crippen LogP contribution is 2.15. The zero-order valence-corrected chi connectivity index (χ0v) is 14.6. The Bertz CT molecular complexity index is 867. The Kier molecular flexibility index (Phi) is 5.43. The second-order valence-corrected chi connectivity index (χ2v) is 8.86. The molecule has 9 heteroatoms. The third-order valence-corrected chi connectivity index (χ3v) is 6.38. The van der Waals surface area contributed by atoms with Gasteiger partial charge in [-0.25, -0.2) is 16.8 Å². The lowest BCUT2D eigenvalue weighted by molar-refractivity contribution is 0.431. The maximum atomic E-state index is 12.2. The van der Waals surface area contributed by atoms with Crippen molar-refractivity contribution in [1.29, 1.82) is 0 Å². The van der Waals surface area contributed by atoms with Gasteiger partial charge >= 0.3 is 0 Å². The van der Waals surface area contributed by atoms with Crippen molar-refractivity contribution in [2.24, 2.45) is 0 Å². The lowest BCUT2D eigenvalue weighted by Crippen LogP contribution is -2.43. The Labute approximate surface area is 140 Å². The number of nitrogens with zero attached hydrogens (tertiary/aromatic N) is 1. The number of nitrogens with one attached hydrogen (secondary N) is 1. The van der Waals surface area contributed by atoms with E-state index in [1.165, 1.54) is 24.3 Å². The van der Waals surface area contributed by atoms with Crippen LogP contribution in [0.3, 0.4) is 0 Å². The zero-order chi connectivity index (χ0) is 17.1. The molecule has 0 fully saturated rings. The maximum Gasteiger partial charge on any atom is 0.254 e. The lowest BCUT2D eigenvalue weighted by atomic mass is 10.2. The van der Waals surface area contributed by atoms with Gasteiger partial charge < -0.3 is 0 Å². The number of rotatable bonds is 6. The third kappa shape index (κ3) is 4.76. The summed E-state index contributed by atoms with van der Waals surface area (Å²) in [5, 5.41) is 0.383.